The van der Waals surface area contributed by atoms with Gasteiger partial charge in [0.2, 0.25) is 0 Å². The summed E-state index contributed by atoms with van der Waals surface area (Å²) >= 11 is 1.59. The van der Waals surface area contributed by atoms with Crippen LogP contribution in [0.1, 0.15) is 115 Å². The van der Waals surface area contributed by atoms with Gasteiger partial charge in [0.05, 0.1) is 12.0 Å². The summed E-state index contributed by atoms with van der Waals surface area (Å²) < 4.78 is 10.4. The van der Waals surface area contributed by atoms with Gasteiger partial charge in [-0.3, -0.25) is 4.79 Å². The Morgan fingerprint density at radius 3 is 1.77 bits per heavy atom. The molecule has 0 atom stereocenters. The molecule has 0 aromatic carbocycles. The highest BCUT2D eigenvalue weighted by molar-refractivity contribution is 7.99. The van der Waals surface area contributed by atoms with Gasteiger partial charge >= 0.3 is 11.9 Å². The maximum absolute atomic E-state index is 12.2. The van der Waals surface area contributed by atoms with Crippen molar-refractivity contribution in [3.8, 4) is 0 Å². The molecule has 0 unspecified atom stereocenters. The number of ether oxygens (including phenoxy) is 2. The fraction of sp³-hybridized carbons (Fsp3) is 0.846. The molecule has 0 aromatic heterocycles. The molecule has 190 valence electrons. The molecule has 0 bridgehead atoms. The minimum atomic E-state index is -0.522. The largest absolute Gasteiger partial charge is 0.465 e. The number of carbonyl (C=O) groups excluding carboxylic acids is 2. The molecule has 0 aliphatic heterocycles. The van der Waals surface area contributed by atoms with Crippen molar-refractivity contribution in [2.75, 3.05) is 24.7 Å². The van der Waals surface area contributed by atoms with Crippen molar-refractivity contribution >= 4 is 23.7 Å². The minimum Gasteiger partial charge on any atom is -0.465 e. The molecule has 0 rings (SSSR count). The molecule has 0 N–H and O–H groups in total. The number of carbonyl (C=O) groups is 2. The van der Waals surface area contributed by atoms with E-state index >= 15 is 0 Å². The van der Waals surface area contributed by atoms with Crippen molar-refractivity contribution in [3.05, 3.63) is 12.7 Å². The number of rotatable bonds is 18. The van der Waals surface area contributed by atoms with Gasteiger partial charge in [0.1, 0.15) is 6.61 Å². The Morgan fingerprint density at radius 2 is 1.29 bits per heavy atom. The van der Waals surface area contributed by atoms with Crippen molar-refractivity contribution in [1.82, 2.24) is 0 Å². The van der Waals surface area contributed by atoms with Crippen LogP contribution in [-0.4, -0.2) is 36.7 Å². The molecule has 0 aliphatic carbocycles. The Kier molecular flexibility index (Phi) is 35.3. The molecule has 5 heteroatoms. The first kappa shape index (κ1) is 40.4. The third kappa shape index (κ3) is 25.2. The van der Waals surface area contributed by atoms with Crippen LogP contribution in [0.4, 0.5) is 0 Å². The average molecular weight is 465 g/mol. The van der Waals surface area contributed by atoms with Gasteiger partial charge in [-0.1, -0.05) is 101 Å². The number of esters is 2. The molecule has 0 spiro atoms. The van der Waals surface area contributed by atoms with E-state index in [2.05, 4.69) is 13.5 Å². The number of hydrogen-bond acceptors (Lipinski definition) is 5. The predicted octanol–water partition coefficient (Wildman–Crippen LogP) is 8.48. The number of hydrogen-bond donors (Lipinski definition) is 0. The van der Waals surface area contributed by atoms with Crippen molar-refractivity contribution in [1.29, 1.82) is 0 Å². The van der Waals surface area contributed by atoms with Crippen LogP contribution in [-0.2, 0) is 19.1 Å². The molecule has 0 fully saturated rings. The third-order valence-corrected chi connectivity index (χ3v) is 5.77. The summed E-state index contributed by atoms with van der Waals surface area (Å²) in [5.74, 6) is 0.754. The zero-order valence-electron chi connectivity index (χ0n) is 17.7. The summed E-state index contributed by atoms with van der Waals surface area (Å²) in [7, 11) is 0. The lowest BCUT2D eigenvalue weighted by molar-refractivity contribution is -0.152. The molecule has 0 saturated carbocycles. The van der Waals surface area contributed by atoms with Crippen molar-refractivity contribution in [2.45, 2.75) is 115 Å². The van der Waals surface area contributed by atoms with E-state index in [1.165, 1.54) is 51.4 Å². The van der Waals surface area contributed by atoms with Crippen molar-refractivity contribution in [3.63, 3.8) is 0 Å². The third-order valence-electron chi connectivity index (χ3n) is 4.39. The van der Waals surface area contributed by atoms with Gasteiger partial charge in [0.25, 0.3) is 0 Å². The first-order valence-corrected chi connectivity index (χ1v) is 11.6. The Morgan fingerprint density at radius 1 is 0.806 bits per heavy atom. The smallest absolute Gasteiger partial charge is 0.330 e. The molecular formula is C26H56O4S. The lowest BCUT2D eigenvalue weighted by Crippen LogP contribution is -2.29. The molecule has 0 amide bonds. The van der Waals surface area contributed by atoms with E-state index in [0.717, 1.165) is 18.9 Å². The second-order valence-corrected chi connectivity index (χ2v) is 8.73. The maximum atomic E-state index is 12.2. The van der Waals surface area contributed by atoms with Crippen molar-refractivity contribution < 1.29 is 19.1 Å². The molecular weight excluding hydrogens is 408 g/mol. The van der Waals surface area contributed by atoms with E-state index in [1.807, 2.05) is 13.8 Å². The lowest BCUT2D eigenvalue weighted by Gasteiger charge is -2.22. The highest BCUT2D eigenvalue weighted by Gasteiger charge is 2.29. The number of thioether (sulfide) groups is 1. The van der Waals surface area contributed by atoms with Crippen LogP contribution >= 0.6 is 11.8 Å². The lowest BCUT2D eigenvalue weighted by atomic mass is 9.97. The Labute approximate surface area is 200 Å². The minimum absolute atomic E-state index is 0. The van der Waals surface area contributed by atoms with Crippen LogP contribution in [0.5, 0.6) is 0 Å². The van der Waals surface area contributed by atoms with E-state index < -0.39 is 11.4 Å². The summed E-state index contributed by atoms with van der Waals surface area (Å²) in [5, 5.41) is 0. The number of unbranched alkanes of at least 4 members (excludes halogenated alkanes) is 9. The normalized spacial score (nSPS) is 9.77. The Hall–Kier alpha value is -0.970. The van der Waals surface area contributed by atoms with E-state index in [0.29, 0.717) is 24.7 Å². The van der Waals surface area contributed by atoms with Crippen LogP contribution in [0.15, 0.2) is 12.7 Å². The highest BCUT2D eigenvalue weighted by atomic mass is 32.2. The monoisotopic (exact) mass is 464 g/mol. The predicted molar refractivity (Wildman–Crippen MR) is 142 cm³/mol. The van der Waals surface area contributed by atoms with E-state index in [-0.39, 0.29) is 35.7 Å². The standard InChI is InChI=1S/C22H40O4S.4CH4/c1-5-7-8-9-10-11-12-13-14-15-16-26-21(24)22(3,4)19-27-18-17-25-20(23)6-2;;;;/h6H,2,5,7-19H2,1,3-4H3;4*1H4. The van der Waals surface area contributed by atoms with Gasteiger partial charge in [-0.15, -0.1) is 0 Å². The van der Waals surface area contributed by atoms with E-state index in [1.54, 1.807) is 11.8 Å². The quantitative estimate of drug-likeness (QED) is 0.116. The SMILES string of the molecule is C.C.C.C.C=CC(=O)OCCSCC(C)(C)C(=O)OCCCCCCCCCCCC. The molecule has 31 heavy (non-hydrogen) atoms. The molecule has 0 aromatic rings. The first-order chi connectivity index (χ1) is 12.9. The maximum Gasteiger partial charge on any atom is 0.330 e. The van der Waals surface area contributed by atoms with Gasteiger partial charge in [0, 0.05) is 17.6 Å². The molecule has 0 heterocycles. The molecule has 0 saturated heterocycles. The van der Waals surface area contributed by atoms with Crippen LogP contribution in [0.3, 0.4) is 0 Å². The Bertz CT molecular complexity index is 408. The Balaban J connectivity index is -0.000000563. The highest BCUT2D eigenvalue weighted by Crippen LogP contribution is 2.23. The van der Waals surface area contributed by atoms with Gasteiger partial charge in [-0.2, -0.15) is 11.8 Å². The molecule has 4 nitrogen and oxygen atoms in total. The summed E-state index contributed by atoms with van der Waals surface area (Å²) in [6.07, 6.45) is 13.8. The zero-order valence-corrected chi connectivity index (χ0v) is 18.5. The average Bonchev–Trinajstić information content (AvgIpc) is 2.65. The first-order valence-electron chi connectivity index (χ1n) is 10.5. The van der Waals surface area contributed by atoms with Crippen LogP contribution in [0.25, 0.3) is 0 Å². The van der Waals surface area contributed by atoms with Gasteiger partial charge in [-0.25, -0.2) is 4.79 Å². The van der Waals surface area contributed by atoms with Crippen LogP contribution in [0.2, 0.25) is 0 Å². The summed E-state index contributed by atoms with van der Waals surface area (Å²) in [6, 6.07) is 0. The van der Waals surface area contributed by atoms with E-state index in [9.17, 15) is 9.59 Å². The van der Waals surface area contributed by atoms with Gasteiger partial charge < -0.3 is 9.47 Å². The fourth-order valence-corrected chi connectivity index (χ4v) is 3.57. The summed E-state index contributed by atoms with van der Waals surface area (Å²) in [6.45, 7) is 10.2. The second kappa shape index (κ2) is 27.1. The molecule has 0 aliphatic rings. The van der Waals surface area contributed by atoms with Gasteiger partial charge in [0.15, 0.2) is 0 Å². The fourth-order valence-electron chi connectivity index (χ4n) is 2.60. The van der Waals surface area contributed by atoms with E-state index in [4.69, 9.17) is 9.47 Å². The van der Waals surface area contributed by atoms with Crippen LogP contribution < -0.4 is 0 Å². The van der Waals surface area contributed by atoms with Crippen LogP contribution in [0, 0.1) is 5.41 Å². The summed E-state index contributed by atoms with van der Waals surface area (Å²) in [4.78, 5) is 23.1. The topological polar surface area (TPSA) is 52.6 Å². The second-order valence-electron chi connectivity index (χ2n) is 7.63. The summed E-state index contributed by atoms with van der Waals surface area (Å²) in [5.41, 5.74) is -0.522. The van der Waals surface area contributed by atoms with Gasteiger partial charge in [-0.05, 0) is 20.3 Å². The zero-order chi connectivity index (χ0) is 20.4. The molecule has 0 radical (unpaired) electrons. The van der Waals surface area contributed by atoms with Crippen molar-refractivity contribution in [2.24, 2.45) is 5.41 Å².